The Labute approximate surface area is 140 Å². The number of rotatable bonds is 3. The Balaban J connectivity index is 1.57. The summed E-state index contributed by atoms with van der Waals surface area (Å²) >= 11 is 0. The van der Waals surface area contributed by atoms with Crippen LogP contribution in [-0.2, 0) is 4.74 Å². The third-order valence-corrected chi connectivity index (χ3v) is 3.52. The lowest BCUT2D eigenvalue weighted by Gasteiger charge is -2.21. The Hall–Kier alpha value is -2.64. The van der Waals surface area contributed by atoms with E-state index in [4.69, 9.17) is 14.2 Å². The molecule has 8 heteroatoms. The number of carbonyl (C=O) groups is 2. The van der Waals surface area contributed by atoms with Crippen molar-refractivity contribution in [3.63, 3.8) is 0 Å². The van der Waals surface area contributed by atoms with Gasteiger partial charge in [-0.15, -0.1) is 0 Å². The van der Waals surface area contributed by atoms with Gasteiger partial charge in [0.15, 0.2) is 11.5 Å². The van der Waals surface area contributed by atoms with Crippen LogP contribution in [0.3, 0.4) is 0 Å². The Morgan fingerprint density at radius 3 is 2.79 bits per heavy atom. The van der Waals surface area contributed by atoms with Gasteiger partial charge in [0.05, 0.1) is 18.8 Å². The maximum atomic E-state index is 12.1. The topological polar surface area (TPSA) is 89.1 Å². The zero-order valence-electron chi connectivity index (χ0n) is 13.9. The summed E-state index contributed by atoms with van der Waals surface area (Å²) in [6.45, 7) is 6.46. The molecule has 1 unspecified atom stereocenters. The average Bonchev–Trinajstić information content (AvgIpc) is 3.08. The fourth-order valence-corrected chi connectivity index (χ4v) is 2.48. The van der Waals surface area contributed by atoms with E-state index in [0.29, 0.717) is 23.7 Å². The third-order valence-electron chi connectivity index (χ3n) is 3.52. The van der Waals surface area contributed by atoms with E-state index in [1.165, 1.54) is 4.90 Å². The number of fused-ring (bicyclic) bond motifs is 1. The summed E-state index contributed by atoms with van der Waals surface area (Å²) < 4.78 is 15.9. The van der Waals surface area contributed by atoms with E-state index in [9.17, 15) is 9.59 Å². The number of cyclic esters (lactones) is 1. The van der Waals surface area contributed by atoms with E-state index in [2.05, 4.69) is 10.6 Å². The van der Waals surface area contributed by atoms with Gasteiger partial charge in [-0.05, 0) is 32.9 Å². The van der Waals surface area contributed by atoms with Gasteiger partial charge in [0.2, 0.25) is 6.79 Å². The summed E-state index contributed by atoms with van der Waals surface area (Å²) in [5.41, 5.74) is 0.348. The summed E-state index contributed by atoms with van der Waals surface area (Å²) in [6, 6.07) is 4.98. The number of benzene rings is 1. The highest BCUT2D eigenvalue weighted by Gasteiger charge is 2.33. The maximum Gasteiger partial charge on any atom is 0.414 e. The number of carbonyl (C=O) groups excluding carboxylic acids is 2. The number of nitrogens with zero attached hydrogens (tertiary/aromatic N) is 1. The van der Waals surface area contributed by atoms with Crippen LogP contribution in [0.5, 0.6) is 11.5 Å². The van der Waals surface area contributed by atoms with Crippen molar-refractivity contribution in [2.24, 2.45) is 0 Å². The van der Waals surface area contributed by atoms with Gasteiger partial charge in [0.1, 0.15) is 6.10 Å². The molecular formula is C16H21N3O5. The maximum absolute atomic E-state index is 12.1. The standard InChI is InChI=1S/C16H21N3O5/c1-16(2,3)18-14(20)17-7-11-8-19(15(21)24-11)10-4-5-12-13(6-10)23-9-22-12/h4-6,11H,7-9H2,1-3H3,(H2,17,18,20). The molecule has 1 aromatic rings. The van der Waals surface area contributed by atoms with Crippen LogP contribution in [0.15, 0.2) is 18.2 Å². The van der Waals surface area contributed by atoms with Gasteiger partial charge in [-0.2, -0.15) is 0 Å². The second kappa shape index (κ2) is 6.10. The Bertz CT molecular complexity index is 656. The molecule has 0 saturated carbocycles. The van der Waals surface area contributed by atoms with Crippen LogP contribution in [0.1, 0.15) is 20.8 Å². The lowest BCUT2D eigenvalue weighted by atomic mass is 10.1. The van der Waals surface area contributed by atoms with Crippen molar-refractivity contribution in [2.75, 3.05) is 24.8 Å². The van der Waals surface area contributed by atoms with Crippen LogP contribution in [0.2, 0.25) is 0 Å². The smallest absolute Gasteiger partial charge is 0.414 e. The van der Waals surface area contributed by atoms with Crippen LogP contribution in [-0.4, -0.2) is 43.6 Å². The molecular weight excluding hydrogens is 314 g/mol. The van der Waals surface area contributed by atoms with Gasteiger partial charge in [-0.1, -0.05) is 0 Å². The summed E-state index contributed by atoms with van der Waals surface area (Å²) in [4.78, 5) is 25.3. The number of urea groups is 1. The highest BCUT2D eigenvalue weighted by Crippen LogP contribution is 2.36. The molecule has 0 spiro atoms. The van der Waals surface area contributed by atoms with E-state index in [1.807, 2.05) is 20.8 Å². The largest absolute Gasteiger partial charge is 0.454 e. The molecule has 2 heterocycles. The minimum atomic E-state index is -0.447. The Morgan fingerprint density at radius 1 is 1.29 bits per heavy atom. The fraction of sp³-hybridized carbons (Fsp3) is 0.500. The molecule has 1 fully saturated rings. The summed E-state index contributed by atoms with van der Waals surface area (Å²) in [5.74, 6) is 1.26. The quantitative estimate of drug-likeness (QED) is 0.880. The van der Waals surface area contributed by atoms with Crippen molar-refractivity contribution >= 4 is 17.8 Å². The zero-order valence-corrected chi connectivity index (χ0v) is 13.9. The number of hydrogen-bond donors (Lipinski definition) is 2. The van der Waals surface area contributed by atoms with E-state index in [1.54, 1.807) is 18.2 Å². The first kappa shape index (κ1) is 16.2. The summed E-state index contributed by atoms with van der Waals surface area (Å²) in [5, 5.41) is 5.51. The number of amides is 3. The number of anilines is 1. The Kier molecular flexibility index (Phi) is 4.13. The van der Waals surface area contributed by atoms with Gasteiger partial charge in [-0.25, -0.2) is 9.59 Å². The number of nitrogens with one attached hydrogen (secondary N) is 2. The molecule has 3 amide bonds. The van der Waals surface area contributed by atoms with Gasteiger partial charge >= 0.3 is 12.1 Å². The van der Waals surface area contributed by atoms with Crippen LogP contribution < -0.4 is 25.0 Å². The van der Waals surface area contributed by atoms with E-state index in [0.717, 1.165) is 0 Å². The second-order valence-corrected chi connectivity index (χ2v) is 6.74. The molecule has 2 aliphatic rings. The van der Waals surface area contributed by atoms with Gasteiger partial charge in [-0.3, -0.25) is 4.90 Å². The van der Waals surface area contributed by atoms with Crippen molar-refractivity contribution in [2.45, 2.75) is 32.4 Å². The van der Waals surface area contributed by atoms with E-state index in [-0.39, 0.29) is 24.9 Å². The molecule has 2 aliphatic heterocycles. The lowest BCUT2D eigenvalue weighted by Crippen LogP contribution is -2.48. The molecule has 130 valence electrons. The van der Waals surface area contributed by atoms with Gasteiger partial charge in [0.25, 0.3) is 0 Å². The predicted molar refractivity (Wildman–Crippen MR) is 86.5 cm³/mol. The highest BCUT2D eigenvalue weighted by atomic mass is 16.7. The van der Waals surface area contributed by atoms with Crippen LogP contribution in [0.25, 0.3) is 0 Å². The molecule has 0 bridgehead atoms. The first-order chi connectivity index (χ1) is 11.3. The third kappa shape index (κ3) is 3.64. The number of ether oxygens (including phenoxy) is 3. The Morgan fingerprint density at radius 2 is 2.04 bits per heavy atom. The normalized spacial score (nSPS) is 19.2. The first-order valence-corrected chi connectivity index (χ1v) is 7.76. The van der Waals surface area contributed by atoms with Crippen LogP contribution in [0, 0.1) is 0 Å². The van der Waals surface area contributed by atoms with Crippen LogP contribution >= 0.6 is 0 Å². The monoisotopic (exact) mass is 335 g/mol. The van der Waals surface area contributed by atoms with Crippen molar-refractivity contribution in [1.29, 1.82) is 0 Å². The molecule has 0 aliphatic carbocycles. The minimum absolute atomic E-state index is 0.179. The number of hydrogen-bond acceptors (Lipinski definition) is 5. The SMILES string of the molecule is CC(C)(C)NC(=O)NCC1CN(c2ccc3c(c2)OCO3)C(=O)O1. The van der Waals surface area contributed by atoms with Crippen molar-refractivity contribution in [3.8, 4) is 11.5 Å². The van der Waals surface area contributed by atoms with E-state index < -0.39 is 12.2 Å². The molecule has 1 aromatic carbocycles. The fourth-order valence-electron chi connectivity index (χ4n) is 2.48. The van der Waals surface area contributed by atoms with Gasteiger partial charge in [0, 0.05) is 11.6 Å². The second-order valence-electron chi connectivity index (χ2n) is 6.74. The molecule has 24 heavy (non-hydrogen) atoms. The minimum Gasteiger partial charge on any atom is -0.454 e. The molecule has 0 aromatic heterocycles. The van der Waals surface area contributed by atoms with Crippen molar-refractivity contribution in [1.82, 2.24) is 10.6 Å². The molecule has 2 N–H and O–H groups in total. The van der Waals surface area contributed by atoms with Crippen molar-refractivity contribution < 1.29 is 23.8 Å². The lowest BCUT2D eigenvalue weighted by molar-refractivity contribution is 0.140. The average molecular weight is 335 g/mol. The first-order valence-electron chi connectivity index (χ1n) is 7.76. The van der Waals surface area contributed by atoms with E-state index >= 15 is 0 Å². The van der Waals surface area contributed by atoms with Crippen LogP contribution in [0.4, 0.5) is 15.3 Å². The molecule has 0 radical (unpaired) electrons. The molecule has 1 atom stereocenters. The zero-order chi connectivity index (χ0) is 17.3. The highest BCUT2D eigenvalue weighted by molar-refractivity contribution is 5.90. The molecule has 1 saturated heterocycles. The summed E-state index contributed by atoms with van der Waals surface area (Å²) in [7, 11) is 0. The molecule has 3 rings (SSSR count). The van der Waals surface area contributed by atoms with Gasteiger partial charge < -0.3 is 24.8 Å². The van der Waals surface area contributed by atoms with Crippen molar-refractivity contribution in [3.05, 3.63) is 18.2 Å². The summed E-state index contributed by atoms with van der Waals surface area (Å²) in [6.07, 6.45) is -0.856. The predicted octanol–water partition coefficient (Wildman–Crippen LogP) is 1.84. The molecule has 8 nitrogen and oxygen atoms in total.